The van der Waals surface area contributed by atoms with Crippen LogP contribution in [-0.2, 0) is 6.18 Å². The second kappa shape index (κ2) is 6.23. The van der Waals surface area contributed by atoms with E-state index in [1.54, 1.807) is 18.2 Å². The first kappa shape index (κ1) is 15.9. The van der Waals surface area contributed by atoms with E-state index in [-0.39, 0.29) is 11.3 Å². The van der Waals surface area contributed by atoms with Crippen molar-refractivity contribution in [3.63, 3.8) is 0 Å². The van der Waals surface area contributed by atoms with Crippen LogP contribution in [0.5, 0.6) is 0 Å². The molecule has 0 amide bonds. The van der Waals surface area contributed by atoms with Crippen LogP contribution in [0.3, 0.4) is 0 Å². The van der Waals surface area contributed by atoms with Gasteiger partial charge in [0.1, 0.15) is 11.5 Å². The average Bonchev–Trinajstić information content (AvgIpc) is 3.07. The van der Waals surface area contributed by atoms with Crippen LogP contribution in [0.15, 0.2) is 46.4 Å². The van der Waals surface area contributed by atoms with Gasteiger partial charge in [-0.05, 0) is 24.0 Å². The Kier molecular flexibility index (Phi) is 4.30. The zero-order chi connectivity index (χ0) is 16.4. The Labute approximate surface area is 136 Å². The second-order valence-electron chi connectivity index (χ2n) is 4.94. The molecule has 7 heteroatoms. The van der Waals surface area contributed by atoms with Gasteiger partial charge in [0.25, 0.3) is 0 Å². The summed E-state index contributed by atoms with van der Waals surface area (Å²) in [5.74, 6) is 0.419. The van der Waals surface area contributed by atoms with Crippen LogP contribution < -0.4 is 5.32 Å². The largest absolute Gasteiger partial charge is 0.417 e. The molecule has 0 saturated carbocycles. The fourth-order valence-corrected chi connectivity index (χ4v) is 3.16. The molecule has 2 aromatic rings. The third-order valence-corrected chi connectivity index (χ3v) is 4.33. The topological polar surface area (TPSA) is 37.3 Å². The van der Waals surface area contributed by atoms with Gasteiger partial charge in [-0.1, -0.05) is 18.2 Å². The van der Waals surface area contributed by atoms with Crippen molar-refractivity contribution in [1.29, 1.82) is 0 Å². The van der Waals surface area contributed by atoms with E-state index in [4.69, 9.17) is 0 Å². The van der Waals surface area contributed by atoms with Crippen molar-refractivity contribution in [1.82, 2.24) is 10.3 Å². The van der Waals surface area contributed by atoms with Crippen molar-refractivity contribution in [2.45, 2.75) is 11.1 Å². The summed E-state index contributed by atoms with van der Waals surface area (Å²) >= 11 is 1.41. The maximum atomic E-state index is 13.5. The van der Waals surface area contributed by atoms with Crippen LogP contribution in [0.1, 0.15) is 11.3 Å². The number of hydrogen-bond acceptors (Lipinski definition) is 4. The number of aliphatic imine (C=N–C) groups is 1. The lowest BCUT2D eigenvalue weighted by Crippen LogP contribution is -2.23. The van der Waals surface area contributed by atoms with Crippen molar-refractivity contribution in [2.24, 2.45) is 4.99 Å². The third-order valence-electron chi connectivity index (χ3n) is 3.53. The van der Waals surface area contributed by atoms with E-state index in [0.717, 1.165) is 11.0 Å². The Morgan fingerprint density at radius 3 is 2.61 bits per heavy atom. The van der Waals surface area contributed by atoms with Gasteiger partial charge >= 0.3 is 6.18 Å². The molecule has 0 bridgehead atoms. The highest BCUT2D eigenvalue weighted by molar-refractivity contribution is 7.98. The smallest absolute Gasteiger partial charge is 0.367 e. The zero-order valence-corrected chi connectivity index (χ0v) is 13.1. The molecule has 2 heterocycles. The van der Waals surface area contributed by atoms with Gasteiger partial charge in [-0.2, -0.15) is 13.2 Å². The van der Waals surface area contributed by atoms with Crippen LogP contribution in [0.4, 0.5) is 13.2 Å². The van der Waals surface area contributed by atoms with Gasteiger partial charge in [-0.3, -0.25) is 9.98 Å². The maximum Gasteiger partial charge on any atom is 0.417 e. The number of alkyl halides is 3. The highest BCUT2D eigenvalue weighted by Gasteiger charge is 2.36. The summed E-state index contributed by atoms with van der Waals surface area (Å²) in [6.45, 7) is 1.15. The number of pyridine rings is 1. The van der Waals surface area contributed by atoms with E-state index in [0.29, 0.717) is 24.5 Å². The van der Waals surface area contributed by atoms with Crippen LogP contribution >= 0.6 is 11.8 Å². The molecular formula is C16H14F3N3S. The highest BCUT2D eigenvalue weighted by Crippen LogP contribution is 2.41. The molecule has 1 aliphatic heterocycles. The van der Waals surface area contributed by atoms with Crippen molar-refractivity contribution < 1.29 is 13.2 Å². The predicted octanol–water partition coefficient (Wildman–Crippen LogP) is 3.84. The molecule has 23 heavy (non-hydrogen) atoms. The minimum atomic E-state index is -4.46. The lowest BCUT2D eigenvalue weighted by Gasteiger charge is -2.18. The van der Waals surface area contributed by atoms with Crippen molar-refractivity contribution in [3.8, 4) is 11.1 Å². The molecule has 1 aliphatic rings. The summed E-state index contributed by atoms with van der Waals surface area (Å²) in [5, 5.41) is 3.01. The maximum absolute atomic E-state index is 13.5. The number of thioether (sulfide) groups is 1. The summed E-state index contributed by atoms with van der Waals surface area (Å²) in [6.07, 6.45) is -1.43. The molecule has 1 aromatic heterocycles. The van der Waals surface area contributed by atoms with Gasteiger partial charge in [-0.15, -0.1) is 11.8 Å². The van der Waals surface area contributed by atoms with Crippen LogP contribution in [0.25, 0.3) is 11.1 Å². The Hall–Kier alpha value is -2.02. The van der Waals surface area contributed by atoms with E-state index < -0.39 is 11.7 Å². The minimum Gasteiger partial charge on any atom is -0.367 e. The summed E-state index contributed by atoms with van der Waals surface area (Å²) in [5.41, 5.74) is 0.157. The molecule has 0 unspecified atom stereocenters. The first-order valence-electron chi connectivity index (χ1n) is 7.00. The number of benzene rings is 1. The fourth-order valence-electron chi connectivity index (χ4n) is 2.56. The molecule has 0 radical (unpaired) electrons. The Balaban J connectivity index is 2.31. The SMILES string of the molecule is CSc1ccccc1-c1c(C(F)(F)F)ccnc1C1=NCCN1. The molecule has 3 nitrogen and oxygen atoms in total. The van der Waals surface area contributed by atoms with Crippen molar-refractivity contribution >= 4 is 17.6 Å². The standard InChI is InChI=1S/C16H14F3N3S/c1-23-12-5-3-2-4-10(12)13-11(16(17,18)19)6-7-20-14(13)15-21-8-9-22-15/h2-7H,8-9H2,1H3,(H,21,22). The minimum absolute atomic E-state index is 0.0816. The number of rotatable bonds is 3. The van der Waals surface area contributed by atoms with Crippen LogP contribution in [-0.4, -0.2) is 30.2 Å². The summed E-state index contributed by atoms with van der Waals surface area (Å²) in [7, 11) is 0. The lowest BCUT2D eigenvalue weighted by atomic mass is 9.97. The van der Waals surface area contributed by atoms with E-state index in [1.807, 2.05) is 12.3 Å². The van der Waals surface area contributed by atoms with E-state index in [9.17, 15) is 13.2 Å². The number of halogens is 3. The van der Waals surface area contributed by atoms with Gasteiger partial charge in [0.2, 0.25) is 0 Å². The molecule has 0 aliphatic carbocycles. The highest BCUT2D eigenvalue weighted by atomic mass is 32.2. The summed E-state index contributed by atoms with van der Waals surface area (Å²) < 4.78 is 40.6. The van der Waals surface area contributed by atoms with Gasteiger partial charge in [0.05, 0.1) is 12.1 Å². The molecule has 3 rings (SSSR count). The Morgan fingerprint density at radius 2 is 1.96 bits per heavy atom. The van der Waals surface area contributed by atoms with E-state index in [1.165, 1.54) is 18.0 Å². The normalized spacial score (nSPS) is 14.5. The quantitative estimate of drug-likeness (QED) is 0.865. The van der Waals surface area contributed by atoms with Crippen LogP contribution in [0.2, 0.25) is 0 Å². The third kappa shape index (κ3) is 3.06. The number of amidine groups is 1. The molecular weight excluding hydrogens is 323 g/mol. The fraction of sp³-hybridized carbons (Fsp3) is 0.250. The van der Waals surface area contributed by atoms with E-state index in [2.05, 4.69) is 15.3 Å². The first-order valence-corrected chi connectivity index (χ1v) is 8.23. The Morgan fingerprint density at radius 1 is 1.17 bits per heavy atom. The second-order valence-corrected chi connectivity index (χ2v) is 5.79. The van der Waals surface area contributed by atoms with Crippen molar-refractivity contribution in [2.75, 3.05) is 19.3 Å². The average molecular weight is 337 g/mol. The number of hydrogen-bond donors (Lipinski definition) is 1. The first-order chi connectivity index (χ1) is 11.0. The monoisotopic (exact) mass is 337 g/mol. The molecule has 1 aromatic carbocycles. The van der Waals surface area contributed by atoms with Gasteiger partial charge in [-0.25, -0.2) is 0 Å². The molecule has 0 spiro atoms. The molecule has 0 atom stereocenters. The number of nitrogens with one attached hydrogen (secondary N) is 1. The van der Waals surface area contributed by atoms with Gasteiger partial charge in [0, 0.05) is 23.2 Å². The summed E-state index contributed by atoms with van der Waals surface area (Å²) in [4.78, 5) is 9.19. The van der Waals surface area contributed by atoms with Gasteiger partial charge < -0.3 is 5.32 Å². The van der Waals surface area contributed by atoms with Crippen molar-refractivity contribution in [3.05, 3.63) is 47.8 Å². The van der Waals surface area contributed by atoms with Gasteiger partial charge in [0.15, 0.2) is 0 Å². The molecule has 1 N–H and O–H groups in total. The summed E-state index contributed by atoms with van der Waals surface area (Å²) in [6, 6.07) is 8.06. The zero-order valence-electron chi connectivity index (χ0n) is 12.3. The number of aromatic nitrogens is 1. The molecule has 0 saturated heterocycles. The predicted molar refractivity (Wildman–Crippen MR) is 85.9 cm³/mol. The molecule has 120 valence electrons. The van der Waals surface area contributed by atoms with E-state index >= 15 is 0 Å². The Bertz CT molecular complexity index is 756. The molecule has 0 fully saturated rings. The van der Waals surface area contributed by atoms with Crippen LogP contribution in [0, 0.1) is 0 Å². The lowest BCUT2D eigenvalue weighted by molar-refractivity contribution is -0.137. The number of nitrogens with zero attached hydrogens (tertiary/aromatic N) is 2.